The van der Waals surface area contributed by atoms with E-state index in [1.165, 1.54) is 7.11 Å². The summed E-state index contributed by atoms with van der Waals surface area (Å²) in [6.07, 6.45) is 1.64. The number of ether oxygens (including phenoxy) is 1. The minimum absolute atomic E-state index is 0.263. The molecule has 4 heteroatoms. The van der Waals surface area contributed by atoms with Crippen molar-refractivity contribution in [3.63, 3.8) is 0 Å². The summed E-state index contributed by atoms with van der Waals surface area (Å²) >= 11 is 0. The molecule has 0 aromatic carbocycles. The smallest absolute Gasteiger partial charge is 0.332 e. The average Bonchev–Trinajstić information content (AvgIpc) is 2.34. The summed E-state index contributed by atoms with van der Waals surface area (Å²) in [7, 11) is 3.24. The van der Waals surface area contributed by atoms with Crippen molar-refractivity contribution in [2.45, 2.75) is 6.04 Å². The highest BCUT2D eigenvalue weighted by atomic mass is 16.5. The molecule has 56 valence electrons. The number of likely N-dealkylation sites (N-methyl/N-ethyl adjacent to an activating group) is 1. The zero-order valence-corrected chi connectivity index (χ0v) is 6.07. The Morgan fingerprint density at radius 2 is 2.60 bits per heavy atom. The number of aliphatic imine (C=N–C) groups is 1. The van der Waals surface area contributed by atoms with E-state index < -0.39 is 0 Å². The topological polar surface area (TPSA) is 41.9 Å². The minimum atomic E-state index is -0.310. The molecular formula is C6H10N2O2. The van der Waals surface area contributed by atoms with E-state index in [0.717, 1.165) is 0 Å². The van der Waals surface area contributed by atoms with Crippen LogP contribution in [0.2, 0.25) is 0 Å². The van der Waals surface area contributed by atoms with E-state index in [1.807, 2.05) is 11.9 Å². The highest BCUT2D eigenvalue weighted by molar-refractivity contribution is 5.80. The Morgan fingerprint density at radius 1 is 1.90 bits per heavy atom. The first kappa shape index (κ1) is 7.05. The predicted octanol–water partition coefficient (Wildman–Crippen LogP) is -0.498. The molecule has 0 radical (unpaired) electrons. The first-order valence-electron chi connectivity index (χ1n) is 3.05. The third-order valence-electron chi connectivity index (χ3n) is 1.38. The summed E-state index contributed by atoms with van der Waals surface area (Å²) in [4.78, 5) is 16.6. The summed E-state index contributed by atoms with van der Waals surface area (Å²) in [5, 5.41) is 0. The van der Waals surface area contributed by atoms with E-state index in [2.05, 4.69) is 9.73 Å². The lowest BCUT2D eigenvalue weighted by Gasteiger charge is -2.07. The Labute approximate surface area is 59.5 Å². The van der Waals surface area contributed by atoms with Gasteiger partial charge in [-0.2, -0.15) is 0 Å². The maximum absolute atomic E-state index is 10.8. The van der Waals surface area contributed by atoms with Gasteiger partial charge in [0.25, 0.3) is 0 Å². The van der Waals surface area contributed by atoms with Crippen LogP contribution in [0.25, 0.3) is 0 Å². The fraction of sp³-hybridized carbons (Fsp3) is 0.667. The lowest BCUT2D eigenvalue weighted by molar-refractivity contribution is -0.141. The maximum atomic E-state index is 10.8. The molecule has 0 bridgehead atoms. The number of carbonyl (C=O) groups is 1. The number of hydrogen-bond donors (Lipinski definition) is 0. The summed E-state index contributed by atoms with van der Waals surface area (Å²) in [6.45, 7) is 0.632. The van der Waals surface area contributed by atoms with E-state index in [1.54, 1.807) is 6.34 Å². The quantitative estimate of drug-likeness (QED) is 0.463. The van der Waals surface area contributed by atoms with Crippen LogP contribution in [-0.4, -0.2) is 44.0 Å². The van der Waals surface area contributed by atoms with Crippen molar-refractivity contribution in [1.29, 1.82) is 0 Å². The predicted molar refractivity (Wildman–Crippen MR) is 36.9 cm³/mol. The number of methoxy groups -OCH3 is 1. The molecule has 0 saturated carbocycles. The van der Waals surface area contributed by atoms with Crippen LogP contribution in [0.3, 0.4) is 0 Å². The van der Waals surface area contributed by atoms with Gasteiger partial charge in [0.05, 0.1) is 20.0 Å². The van der Waals surface area contributed by atoms with Crippen LogP contribution in [-0.2, 0) is 9.53 Å². The standard InChI is InChI=1S/C6H10N2O2/c1-8-3-5(7-4-8)6(9)10-2/h4-5H,3H2,1-2H3/t5-/m1/s1. The Bertz CT molecular complexity index is 167. The molecule has 0 saturated heterocycles. The van der Waals surface area contributed by atoms with Gasteiger partial charge in [0.15, 0.2) is 6.04 Å². The molecule has 1 atom stereocenters. The first-order valence-corrected chi connectivity index (χ1v) is 3.05. The fourth-order valence-electron chi connectivity index (χ4n) is 0.833. The number of rotatable bonds is 1. The zero-order valence-electron chi connectivity index (χ0n) is 6.07. The van der Waals surface area contributed by atoms with Crippen LogP contribution >= 0.6 is 0 Å². The van der Waals surface area contributed by atoms with Crippen molar-refractivity contribution in [3.05, 3.63) is 0 Å². The molecule has 0 unspecified atom stereocenters. The molecule has 0 aromatic rings. The van der Waals surface area contributed by atoms with Gasteiger partial charge in [0, 0.05) is 7.05 Å². The summed E-state index contributed by atoms with van der Waals surface area (Å²) in [5.41, 5.74) is 0. The second-order valence-electron chi connectivity index (χ2n) is 2.24. The van der Waals surface area contributed by atoms with Crippen LogP contribution < -0.4 is 0 Å². The Balaban J connectivity index is 2.46. The van der Waals surface area contributed by atoms with Gasteiger partial charge in [-0.1, -0.05) is 0 Å². The summed E-state index contributed by atoms with van der Waals surface area (Å²) < 4.78 is 4.50. The number of nitrogens with zero attached hydrogens (tertiary/aromatic N) is 2. The first-order chi connectivity index (χ1) is 4.74. The van der Waals surface area contributed by atoms with Crippen molar-refractivity contribution in [2.24, 2.45) is 4.99 Å². The highest BCUT2D eigenvalue weighted by Crippen LogP contribution is 2.01. The number of hydrogen-bond acceptors (Lipinski definition) is 4. The molecular weight excluding hydrogens is 132 g/mol. The monoisotopic (exact) mass is 142 g/mol. The van der Waals surface area contributed by atoms with Gasteiger partial charge in [-0.25, -0.2) is 4.79 Å². The Kier molecular flexibility index (Phi) is 1.89. The van der Waals surface area contributed by atoms with Gasteiger partial charge in [-0.3, -0.25) is 4.99 Å². The molecule has 1 aliphatic heterocycles. The molecule has 0 aromatic heterocycles. The number of carbonyl (C=O) groups excluding carboxylic acids is 1. The van der Waals surface area contributed by atoms with Crippen molar-refractivity contribution in [3.8, 4) is 0 Å². The molecule has 0 N–H and O–H groups in total. The molecule has 1 heterocycles. The van der Waals surface area contributed by atoms with Crippen molar-refractivity contribution >= 4 is 12.3 Å². The molecule has 0 fully saturated rings. The molecule has 1 rings (SSSR count). The van der Waals surface area contributed by atoms with E-state index in [4.69, 9.17) is 0 Å². The van der Waals surface area contributed by atoms with Crippen LogP contribution in [0.5, 0.6) is 0 Å². The van der Waals surface area contributed by atoms with Crippen LogP contribution in [0.4, 0.5) is 0 Å². The lowest BCUT2D eigenvalue weighted by Crippen LogP contribution is -2.26. The SMILES string of the molecule is COC(=O)[C@H]1CN(C)C=N1. The molecule has 4 nitrogen and oxygen atoms in total. The van der Waals surface area contributed by atoms with Gasteiger partial charge in [0.1, 0.15) is 0 Å². The van der Waals surface area contributed by atoms with E-state index in [-0.39, 0.29) is 12.0 Å². The Morgan fingerprint density at radius 3 is 3.00 bits per heavy atom. The second kappa shape index (κ2) is 2.68. The lowest BCUT2D eigenvalue weighted by atomic mass is 10.3. The van der Waals surface area contributed by atoms with E-state index >= 15 is 0 Å². The zero-order chi connectivity index (χ0) is 7.56. The number of esters is 1. The second-order valence-corrected chi connectivity index (χ2v) is 2.24. The summed E-state index contributed by atoms with van der Waals surface area (Å²) in [5.74, 6) is -0.263. The van der Waals surface area contributed by atoms with E-state index in [0.29, 0.717) is 6.54 Å². The van der Waals surface area contributed by atoms with Gasteiger partial charge in [0.2, 0.25) is 0 Å². The largest absolute Gasteiger partial charge is 0.467 e. The van der Waals surface area contributed by atoms with Crippen molar-refractivity contribution in [1.82, 2.24) is 4.90 Å². The molecule has 0 spiro atoms. The van der Waals surface area contributed by atoms with Gasteiger partial charge < -0.3 is 9.64 Å². The van der Waals surface area contributed by atoms with Crippen molar-refractivity contribution < 1.29 is 9.53 Å². The normalized spacial score (nSPS) is 23.4. The van der Waals surface area contributed by atoms with Gasteiger partial charge >= 0.3 is 5.97 Å². The molecule has 0 amide bonds. The van der Waals surface area contributed by atoms with Gasteiger partial charge in [-0.15, -0.1) is 0 Å². The minimum Gasteiger partial charge on any atom is -0.467 e. The Hall–Kier alpha value is -1.06. The van der Waals surface area contributed by atoms with E-state index in [9.17, 15) is 4.79 Å². The average molecular weight is 142 g/mol. The van der Waals surface area contributed by atoms with Crippen LogP contribution in [0.1, 0.15) is 0 Å². The maximum Gasteiger partial charge on any atom is 0.332 e. The third-order valence-corrected chi connectivity index (χ3v) is 1.38. The highest BCUT2D eigenvalue weighted by Gasteiger charge is 2.22. The fourth-order valence-corrected chi connectivity index (χ4v) is 0.833. The molecule has 0 aliphatic carbocycles. The summed E-state index contributed by atoms with van der Waals surface area (Å²) in [6, 6.07) is -0.310. The van der Waals surface area contributed by atoms with Crippen LogP contribution in [0.15, 0.2) is 4.99 Å². The molecule has 10 heavy (non-hydrogen) atoms. The van der Waals surface area contributed by atoms with Crippen molar-refractivity contribution in [2.75, 3.05) is 20.7 Å². The third kappa shape index (κ3) is 1.26. The van der Waals surface area contributed by atoms with Crippen LogP contribution in [0, 0.1) is 0 Å². The van der Waals surface area contributed by atoms with Gasteiger partial charge in [-0.05, 0) is 0 Å². The molecule has 1 aliphatic rings.